The molecule has 2 bridgehead atoms. The Morgan fingerprint density at radius 2 is 1.43 bits per heavy atom. The monoisotopic (exact) mass is 815 g/mol. The van der Waals surface area contributed by atoms with Crippen molar-refractivity contribution >= 4 is 22.3 Å². The molecule has 0 radical (unpaired) electrons. The number of ether oxygens (including phenoxy) is 6. The zero-order valence-electron chi connectivity index (χ0n) is 33.0. The van der Waals surface area contributed by atoms with Gasteiger partial charge >= 0.3 is 10.4 Å². The van der Waals surface area contributed by atoms with E-state index in [-0.39, 0.29) is 29.8 Å². The number of piperidine rings is 1. The summed E-state index contributed by atoms with van der Waals surface area (Å²) < 4.78 is 67.0. The zero-order chi connectivity index (χ0) is 41.4. The van der Waals surface area contributed by atoms with Crippen LogP contribution >= 0.6 is 0 Å². The molecule has 2 saturated heterocycles. The highest BCUT2D eigenvalue weighted by Crippen LogP contribution is 2.52. The molecule has 13 nitrogen and oxygen atoms in total. The van der Waals surface area contributed by atoms with Crippen molar-refractivity contribution in [2.75, 3.05) is 27.9 Å². The van der Waals surface area contributed by atoms with Crippen molar-refractivity contribution in [2.24, 2.45) is 0 Å². The molecule has 2 fully saturated rings. The number of ketones is 1. The summed E-state index contributed by atoms with van der Waals surface area (Å²) in [5, 5.41) is 10.7. The highest BCUT2D eigenvalue weighted by atomic mass is 32.3. The number of aromatic hydroxyl groups is 1. The highest BCUT2D eigenvalue weighted by Gasteiger charge is 2.46. The van der Waals surface area contributed by atoms with Crippen LogP contribution in [0.15, 0.2) is 84.9 Å². The lowest BCUT2D eigenvalue weighted by atomic mass is 9.80. The first-order chi connectivity index (χ1) is 27.6. The Morgan fingerprint density at radius 3 is 2.00 bits per heavy atom. The van der Waals surface area contributed by atoms with Crippen LogP contribution in [-0.4, -0.2) is 91.1 Å². The summed E-state index contributed by atoms with van der Waals surface area (Å²) in [5.74, 6) is 1.34. The van der Waals surface area contributed by atoms with E-state index in [4.69, 9.17) is 45.9 Å². The Hall–Kier alpha value is -5.12. The van der Waals surface area contributed by atoms with Gasteiger partial charge in [0.1, 0.15) is 53.0 Å². The number of Topliss-reactive ketones (excluding diaryl/α,β-unsaturated/α-hetero) is 1. The van der Waals surface area contributed by atoms with Crippen LogP contribution in [0.2, 0.25) is 0 Å². The van der Waals surface area contributed by atoms with Gasteiger partial charge in [-0.25, -0.2) is 0 Å². The Bertz CT molecular complexity index is 2200. The van der Waals surface area contributed by atoms with E-state index >= 15 is 0 Å². The molecule has 0 aromatic heterocycles. The van der Waals surface area contributed by atoms with Crippen LogP contribution in [0, 0.1) is 0 Å². The van der Waals surface area contributed by atoms with Crippen molar-refractivity contribution in [3.63, 3.8) is 0 Å². The largest absolute Gasteiger partial charge is 0.507 e. The quantitative estimate of drug-likeness (QED) is 0.164. The Balaban J connectivity index is 0.000000163. The van der Waals surface area contributed by atoms with Gasteiger partial charge in [-0.2, -0.15) is 8.42 Å². The van der Waals surface area contributed by atoms with Crippen LogP contribution in [-0.2, 0) is 15.1 Å². The smallest absolute Gasteiger partial charge is 0.394 e. The number of benzene rings is 4. The van der Waals surface area contributed by atoms with E-state index in [0.29, 0.717) is 58.1 Å². The number of hydrogen-bond acceptors (Lipinski definition) is 11. The standard InChI is InChI=1S/C23H22O7.C21H25NO.H2O4S/c1-23(2)6-5-11-15(30-23)8-13(24)20-21(25)19-12-7-16(26-3)17(27-4)9-14(12)28-10-18(19)29-22(11)20;1-22-18-12-13-19(22)15-20(14-18)23-21(16-8-4-2-5-9-16)17-10-6-3-7-11-17;1-5(2,3)4/h5-9,18-19,24H,10H2,1-4H3;2-11,18-21H,12-15H2,1H3;(H2,1,2,3,4). The average molecular weight is 816 g/mol. The first-order valence-electron chi connectivity index (χ1n) is 19.2. The van der Waals surface area contributed by atoms with Crippen molar-refractivity contribution in [3.05, 3.63) is 113 Å². The summed E-state index contributed by atoms with van der Waals surface area (Å²) in [6.07, 6.45) is 8.66. The van der Waals surface area contributed by atoms with Gasteiger partial charge < -0.3 is 38.4 Å². The molecule has 9 rings (SSSR count). The van der Waals surface area contributed by atoms with Crippen molar-refractivity contribution in [1.29, 1.82) is 0 Å². The second kappa shape index (κ2) is 16.6. The van der Waals surface area contributed by atoms with E-state index in [1.165, 1.54) is 50.0 Å². The van der Waals surface area contributed by atoms with Gasteiger partial charge in [-0.1, -0.05) is 60.7 Å². The maximum absolute atomic E-state index is 13.6. The molecule has 5 heterocycles. The Kier molecular flexibility index (Phi) is 11.8. The highest BCUT2D eigenvalue weighted by molar-refractivity contribution is 7.79. The minimum absolute atomic E-state index is 0.0465. The van der Waals surface area contributed by atoms with Crippen LogP contribution < -0.4 is 23.7 Å². The molecule has 4 aromatic carbocycles. The number of carbonyl (C=O) groups is 1. The first kappa shape index (κ1) is 41.1. The van der Waals surface area contributed by atoms with Gasteiger partial charge in [0.15, 0.2) is 17.3 Å². The van der Waals surface area contributed by atoms with Crippen molar-refractivity contribution in [1.82, 2.24) is 4.90 Å². The van der Waals surface area contributed by atoms with Gasteiger partial charge in [0.25, 0.3) is 0 Å². The minimum atomic E-state index is -4.67. The molecule has 0 aliphatic carbocycles. The molecule has 0 saturated carbocycles. The number of phenolic OH excluding ortho intramolecular Hbond substituents is 1. The Labute approximate surface area is 338 Å². The number of fused-ring (bicyclic) bond motifs is 8. The minimum Gasteiger partial charge on any atom is -0.507 e. The molecule has 0 amide bonds. The average Bonchev–Trinajstić information content (AvgIpc) is 3.37. The fourth-order valence-electron chi connectivity index (χ4n) is 8.54. The molecule has 5 aliphatic heterocycles. The zero-order valence-corrected chi connectivity index (χ0v) is 33.8. The van der Waals surface area contributed by atoms with Crippen molar-refractivity contribution in [3.8, 4) is 34.5 Å². The summed E-state index contributed by atoms with van der Waals surface area (Å²) in [6.45, 7) is 4.02. The predicted molar refractivity (Wildman–Crippen MR) is 216 cm³/mol. The molecule has 308 valence electrons. The SMILES string of the molecule is CN1C2CCC1CC(OC(c1ccccc1)c1ccccc1)C2.COc1cc2c(cc1OC)C1C(=O)c3c(O)cc4c(c3OC1CO2)C=CC(C)(C)O4.O=S(=O)(O)O. The number of phenols is 1. The number of rotatable bonds is 6. The molecule has 3 N–H and O–H groups in total. The van der Waals surface area contributed by atoms with Gasteiger partial charge in [-0.3, -0.25) is 13.9 Å². The summed E-state index contributed by atoms with van der Waals surface area (Å²) in [7, 11) is 0.690. The summed E-state index contributed by atoms with van der Waals surface area (Å²) in [5.41, 5.74) is 3.44. The van der Waals surface area contributed by atoms with E-state index in [9.17, 15) is 9.90 Å². The number of carbonyl (C=O) groups excluding carboxylic acids is 1. The van der Waals surface area contributed by atoms with Crippen LogP contribution in [0.4, 0.5) is 0 Å². The predicted octanol–water partition coefficient (Wildman–Crippen LogP) is 7.48. The lowest BCUT2D eigenvalue weighted by Crippen LogP contribution is -2.43. The molecular formula is C44H49NO12S. The molecular weight excluding hydrogens is 767 g/mol. The van der Waals surface area contributed by atoms with E-state index in [2.05, 4.69) is 72.6 Å². The van der Waals surface area contributed by atoms with E-state index in [0.717, 1.165) is 0 Å². The summed E-state index contributed by atoms with van der Waals surface area (Å²) in [6, 6.07) is 27.6. The van der Waals surface area contributed by atoms with Crippen LogP contribution in [0.1, 0.15) is 84.2 Å². The maximum Gasteiger partial charge on any atom is 0.394 e. The third-order valence-electron chi connectivity index (χ3n) is 11.3. The third kappa shape index (κ3) is 8.81. The van der Waals surface area contributed by atoms with E-state index < -0.39 is 28.0 Å². The molecule has 4 aromatic rings. The normalized spacial score (nSPS) is 23.4. The van der Waals surface area contributed by atoms with Crippen LogP contribution in [0.5, 0.6) is 34.5 Å². The third-order valence-corrected chi connectivity index (χ3v) is 11.3. The van der Waals surface area contributed by atoms with Gasteiger partial charge in [0, 0.05) is 29.8 Å². The van der Waals surface area contributed by atoms with Gasteiger partial charge in [0.2, 0.25) is 0 Å². The summed E-state index contributed by atoms with van der Waals surface area (Å²) >= 11 is 0. The second-order valence-corrected chi connectivity index (χ2v) is 16.4. The second-order valence-electron chi connectivity index (χ2n) is 15.5. The van der Waals surface area contributed by atoms with Crippen molar-refractivity contribution < 1.29 is 55.8 Å². The Morgan fingerprint density at radius 1 is 0.862 bits per heavy atom. The van der Waals surface area contributed by atoms with Crippen molar-refractivity contribution in [2.45, 2.75) is 81.4 Å². The van der Waals surface area contributed by atoms with Gasteiger partial charge in [-0.15, -0.1) is 0 Å². The van der Waals surface area contributed by atoms with Crippen LogP contribution in [0.3, 0.4) is 0 Å². The van der Waals surface area contributed by atoms with Gasteiger partial charge in [0.05, 0.1) is 31.8 Å². The maximum atomic E-state index is 13.6. The number of methoxy groups -OCH3 is 2. The van der Waals surface area contributed by atoms with E-state index in [1.807, 2.05) is 26.0 Å². The summed E-state index contributed by atoms with van der Waals surface area (Å²) in [4.78, 5) is 16.1. The lowest BCUT2D eigenvalue weighted by Gasteiger charge is -2.39. The molecule has 5 aliphatic rings. The number of hydrogen-bond donors (Lipinski definition) is 3. The van der Waals surface area contributed by atoms with Gasteiger partial charge in [-0.05, 0) is 75.9 Å². The first-order valence-corrected chi connectivity index (χ1v) is 20.6. The molecule has 4 atom stereocenters. The molecule has 0 spiro atoms. The van der Waals surface area contributed by atoms with Crippen LogP contribution in [0.25, 0.3) is 6.08 Å². The fraction of sp³-hybridized carbons (Fsp3) is 0.386. The van der Waals surface area contributed by atoms with E-state index in [1.54, 1.807) is 19.2 Å². The fourth-order valence-corrected chi connectivity index (χ4v) is 8.54. The topological polar surface area (TPSA) is 171 Å². The lowest BCUT2D eigenvalue weighted by molar-refractivity contribution is -0.0426. The number of nitrogens with zero attached hydrogens (tertiary/aromatic N) is 1. The molecule has 58 heavy (non-hydrogen) atoms. The molecule has 4 unspecified atom stereocenters. The molecule has 14 heteroatoms.